The summed E-state index contributed by atoms with van der Waals surface area (Å²) in [6.45, 7) is 7.17. The maximum absolute atomic E-state index is 2.43. The molecule has 2 aliphatic rings. The second kappa shape index (κ2) is 2.07. The fourth-order valence-electron chi connectivity index (χ4n) is 1.97. The molecule has 0 aromatic heterocycles. The standard InChI is InChI=1S/C10H16S/c1-9(2)5-4-8-6-10(9,3)7-11-8/h4-5,8H,6-7H2,1-3H3. The molecule has 1 aliphatic heterocycles. The summed E-state index contributed by atoms with van der Waals surface area (Å²) in [6, 6.07) is 0. The van der Waals surface area contributed by atoms with Gasteiger partial charge in [-0.15, -0.1) is 0 Å². The van der Waals surface area contributed by atoms with Crippen LogP contribution in [0.25, 0.3) is 0 Å². The summed E-state index contributed by atoms with van der Waals surface area (Å²) < 4.78 is 0. The molecule has 1 saturated heterocycles. The summed E-state index contributed by atoms with van der Waals surface area (Å²) in [4.78, 5) is 0. The largest absolute Gasteiger partial charge is 0.154 e. The molecule has 0 spiro atoms. The van der Waals surface area contributed by atoms with Crippen LogP contribution in [-0.2, 0) is 0 Å². The van der Waals surface area contributed by atoms with E-state index in [1.807, 2.05) is 0 Å². The quantitative estimate of drug-likeness (QED) is 0.501. The van der Waals surface area contributed by atoms with Crippen LogP contribution >= 0.6 is 11.8 Å². The molecule has 2 rings (SSSR count). The van der Waals surface area contributed by atoms with E-state index < -0.39 is 0 Å². The van der Waals surface area contributed by atoms with Crippen molar-refractivity contribution in [1.82, 2.24) is 0 Å². The van der Waals surface area contributed by atoms with Gasteiger partial charge in [-0.1, -0.05) is 32.9 Å². The van der Waals surface area contributed by atoms with Gasteiger partial charge in [0.2, 0.25) is 0 Å². The average Bonchev–Trinajstić information content (AvgIpc) is 2.25. The van der Waals surface area contributed by atoms with E-state index in [2.05, 4.69) is 44.7 Å². The molecule has 11 heavy (non-hydrogen) atoms. The third-order valence-electron chi connectivity index (χ3n) is 3.55. The summed E-state index contributed by atoms with van der Waals surface area (Å²) in [5.41, 5.74) is 0.990. The van der Waals surface area contributed by atoms with Crippen molar-refractivity contribution >= 4 is 11.8 Å². The molecule has 0 nitrogen and oxygen atoms in total. The molecule has 1 fully saturated rings. The predicted molar refractivity (Wildman–Crippen MR) is 51.9 cm³/mol. The molecule has 2 unspecified atom stereocenters. The number of fused-ring (bicyclic) bond motifs is 2. The molecule has 0 amide bonds. The van der Waals surface area contributed by atoms with Crippen molar-refractivity contribution < 1.29 is 0 Å². The van der Waals surface area contributed by atoms with Crippen molar-refractivity contribution in [2.75, 3.05) is 5.75 Å². The zero-order chi connectivity index (χ0) is 8.11. The minimum atomic E-state index is 0.424. The molecule has 1 heterocycles. The van der Waals surface area contributed by atoms with Gasteiger partial charge in [0.1, 0.15) is 0 Å². The van der Waals surface area contributed by atoms with Crippen molar-refractivity contribution in [2.45, 2.75) is 32.4 Å². The van der Waals surface area contributed by atoms with Crippen molar-refractivity contribution in [2.24, 2.45) is 10.8 Å². The van der Waals surface area contributed by atoms with Gasteiger partial charge in [-0.2, -0.15) is 11.8 Å². The number of hydrogen-bond acceptors (Lipinski definition) is 1. The Kier molecular flexibility index (Phi) is 1.45. The molecule has 2 atom stereocenters. The van der Waals surface area contributed by atoms with Gasteiger partial charge in [-0.25, -0.2) is 0 Å². The molecular weight excluding hydrogens is 152 g/mol. The molecule has 0 radical (unpaired) electrons. The van der Waals surface area contributed by atoms with Crippen molar-refractivity contribution in [3.63, 3.8) is 0 Å². The maximum Gasteiger partial charge on any atom is 0.0233 e. The Morgan fingerprint density at radius 2 is 2.09 bits per heavy atom. The van der Waals surface area contributed by atoms with Gasteiger partial charge in [-0.3, -0.25) is 0 Å². The second-order valence-electron chi connectivity index (χ2n) is 4.70. The van der Waals surface area contributed by atoms with Crippen LogP contribution in [0.15, 0.2) is 12.2 Å². The lowest BCUT2D eigenvalue weighted by Crippen LogP contribution is -2.35. The van der Waals surface area contributed by atoms with E-state index >= 15 is 0 Å². The Labute approximate surface area is 73.4 Å². The smallest absolute Gasteiger partial charge is 0.0233 e. The number of allylic oxidation sites excluding steroid dienone is 1. The normalized spacial score (nSPS) is 46.3. The third kappa shape index (κ3) is 0.970. The van der Waals surface area contributed by atoms with Crippen molar-refractivity contribution in [1.29, 1.82) is 0 Å². The Morgan fingerprint density at radius 3 is 2.73 bits per heavy atom. The van der Waals surface area contributed by atoms with E-state index in [9.17, 15) is 0 Å². The first-order valence-electron chi connectivity index (χ1n) is 4.35. The van der Waals surface area contributed by atoms with Crippen LogP contribution in [0.1, 0.15) is 27.2 Å². The SMILES string of the molecule is CC1(C)C=CC2CC1(C)CS2. The fraction of sp³-hybridized carbons (Fsp3) is 0.800. The average molecular weight is 168 g/mol. The lowest BCUT2D eigenvalue weighted by Gasteiger charge is -2.41. The highest BCUT2D eigenvalue weighted by molar-refractivity contribution is 8.00. The second-order valence-corrected chi connectivity index (χ2v) is 5.92. The summed E-state index contributed by atoms with van der Waals surface area (Å²) >= 11 is 2.13. The monoisotopic (exact) mass is 168 g/mol. The highest BCUT2D eigenvalue weighted by Crippen LogP contribution is 2.56. The van der Waals surface area contributed by atoms with Crippen LogP contribution in [0.3, 0.4) is 0 Å². The van der Waals surface area contributed by atoms with Gasteiger partial charge in [0.05, 0.1) is 0 Å². The molecule has 1 aliphatic carbocycles. The Hall–Kier alpha value is 0.0900. The molecule has 62 valence electrons. The topological polar surface area (TPSA) is 0 Å². The van der Waals surface area contributed by atoms with Crippen LogP contribution in [0.4, 0.5) is 0 Å². The lowest BCUT2D eigenvalue weighted by atomic mass is 9.63. The van der Waals surface area contributed by atoms with E-state index in [-0.39, 0.29) is 0 Å². The number of hydrogen-bond donors (Lipinski definition) is 0. The molecule has 0 saturated carbocycles. The molecular formula is C10H16S. The minimum Gasteiger partial charge on any atom is -0.154 e. The van der Waals surface area contributed by atoms with Gasteiger partial charge in [0, 0.05) is 11.0 Å². The van der Waals surface area contributed by atoms with Gasteiger partial charge >= 0.3 is 0 Å². The third-order valence-corrected chi connectivity index (χ3v) is 5.11. The molecule has 0 N–H and O–H groups in total. The summed E-state index contributed by atoms with van der Waals surface area (Å²) in [6.07, 6.45) is 6.21. The van der Waals surface area contributed by atoms with Crippen molar-refractivity contribution in [3.05, 3.63) is 12.2 Å². The summed E-state index contributed by atoms with van der Waals surface area (Å²) in [5, 5.41) is 0.827. The van der Waals surface area contributed by atoms with Gasteiger partial charge in [-0.05, 0) is 17.3 Å². The predicted octanol–water partition coefficient (Wildman–Crippen LogP) is 3.09. The highest BCUT2D eigenvalue weighted by atomic mass is 32.2. The number of rotatable bonds is 0. The van der Waals surface area contributed by atoms with Crippen LogP contribution < -0.4 is 0 Å². The van der Waals surface area contributed by atoms with Crippen LogP contribution in [-0.4, -0.2) is 11.0 Å². The Morgan fingerprint density at radius 1 is 1.36 bits per heavy atom. The fourth-order valence-corrected chi connectivity index (χ4v) is 3.72. The van der Waals surface area contributed by atoms with Crippen LogP contribution in [0.5, 0.6) is 0 Å². The van der Waals surface area contributed by atoms with Crippen LogP contribution in [0.2, 0.25) is 0 Å². The Balaban J connectivity index is 2.39. The van der Waals surface area contributed by atoms with E-state index in [0.717, 1.165) is 5.25 Å². The van der Waals surface area contributed by atoms with Gasteiger partial charge in [0.15, 0.2) is 0 Å². The molecule has 0 aromatic carbocycles. The van der Waals surface area contributed by atoms with Crippen LogP contribution in [0, 0.1) is 10.8 Å². The lowest BCUT2D eigenvalue weighted by molar-refractivity contribution is 0.161. The Bertz CT molecular complexity index is 205. The maximum atomic E-state index is 2.43. The van der Waals surface area contributed by atoms with E-state index in [4.69, 9.17) is 0 Å². The van der Waals surface area contributed by atoms with E-state index in [1.165, 1.54) is 12.2 Å². The van der Waals surface area contributed by atoms with E-state index in [0.29, 0.717) is 10.8 Å². The first-order chi connectivity index (χ1) is 5.04. The zero-order valence-corrected chi connectivity index (χ0v) is 8.37. The summed E-state index contributed by atoms with van der Waals surface area (Å²) in [5.74, 6) is 1.34. The first-order valence-corrected chi connectivity index (χ1v) is 5.39. The molecule has 2 bridgehead atoms. The number of thioether (sulfide) groups is 1. The zero-order valence-electron chi connectivity index (χ0n) is 7.55. The highest BCUT2D eigenvalue weighted by Gasteiger charge is 2.47. The van der Waals surface area contributed by atoms with Gasteiger partial charge < -0.3 is 0 Å². The molecule has 0 aromatic rings. The summed E-state index contributed by atoms with van der Waals surface area (Å²) in [7, 11) is 0. The van der Waals surface area contributed by atoms with Crippen molar-refractivity contribution in [3.8, 4) is 0 Å². The van der Waals surface area contributed by atoms with E-state index in [1.54, 1.807) is 0 Å². The minimum absolute atomic E-state index is 0.424. The van der Waals surface area contributed by atoms with Gasteiger partial charge in [0.25, 0.3) is 0 Å². The molecule has 1 heteroatoms. The first kappa shape index (κ1) is 7.72.